The Morgan fingerprint density at radius 2 is 2.11 bits per heavy atom. The molecule has 18 heavy (non-hydrogen) atoms. The van der Waals surface area contributed by atoms with Crippen molar-refractivity contribution in [2.75, 3.05) is 5.32 Å². The first-order valence-corrected chi connectivity index (χ1v) is 7.59. The molecule has 98 valence electrons. The average Bonchev–Trinajstić information content (AvgIpc) is 2.34. The number of aliphatic carboxylic acids is 1. The van der Waals surface area contributed by atoms with Crippen LogP contribution in [0.15, 0.2) is 27.1 Å². The summed E-state index contributed by atoms with van der Waals surface area (Å²) in [6.45, 7) is 0. The highest BCUT2D eigenvalue weighted by molar-refractivity contribution is 9.11. The second kappa shape index (κ2) is 6.06. The molecule has 0 amide bonds. The molecule has 2 atom stereocenters. The number of hydrogen-bond donors (Lipinski definition) is 2. The van der Waals surface area contributed by atoms with Gasteiger partial charge in [-0.3, -0.25) is 4.79 Å². The SMILES string of the molecule is O=C(O)C1CCCC(Nc2cc(Br)ccc2Br)C1. The molecule has 1 aromatic carbocycles. The molecule has 0 aromatic heterocycles. The first kappa shape index (κ1) is 13.9. The van der Waals surface area contributed by atoms with Crippen LogP contribution in [0.5, 0.6) is 0 Å². The molecule has 5 heteroatoms. The molecular formula is C13H15Br2NO2. The normalized spacial score (nSPS) is 23.7. The van der Waals surface area contributed by atoms with Gasteiger partial charge in [-0.2, -0.15) is 0 Å². The van der Waals surface area contributed by atoms with Gasteiger partial charge in [-0.05, 0) is 53.4 Å². The Kier molecular flexibility index (Phi) is 4.67. The summed E-state index contributed by atoms with van der Waals surface area (Å²) in [6, 6.07) is 6.19. The smallest absolute Gasteiger partial charge is 0.306 e. The first-order chi connectivity index (χ1) is 8.56. The summed E-state index contributed by atoms with van der Waals surface area (Å²) >= 11 is 6.94. The molecule has 0 spiro atoms. The Morgan fingerprint density at radius 1 is 1.33 bits per heavy atom. The minimum atomic E-state index is -0.671. The van der Waals surface area contributed by atoms with Crippen LogP contribution in [0.2, 0.25) is 0 Å². The van der Waals surface area contributed by atoms with Gasteiger partial charge in [-0.25, -0.2) is 0 Å². The van der Waals surface area contributed by atoms with Gasteiger partial charge in [-0.15, -0.1) is 0 Å². The van der Waals surface area contributed by atoms with Crippen molar-refractivity contribution >= 4 is 43.5 Å². The number of carbonyl (C=O) groups is 1. The Balaban J connectivity index is 2.04. The number of halogens is 2. The third-order valence-electron chi connectivity index (χ3n) is 3.31. The van der Waals surface area contributed by atoms with Crippen LogP contribution in [0.3, 0.4) is 0 Å². The zero-order valence-electron chi connectivity index (χ0n) is 9.83. The molecule has 2 rings (SSSR count). The van der Waals surface area contributed by atoms with Crippen LogP contribution in [0, 0.1) is 5.92 Å². The molecule has 0 bridgehead atoms. The lowest BCUT2D eigenvalue weighted by Crippen LogP contribution is -2.31. The lowest BCUT2D eigenvalue weighted by Gasteiger charge is -2.28. The zero-order chi connectivity index (χ0) is 13.1. The van der Waals surface area contributed by atoms with Crippen molar-refractivity contribution in [3.63, 3.8) is 0 Å². The minimum absolute atomic E-state index is 0.206. The number of rotatable bonds is 3. The van der Waals surface area contributed by atoms with Gasteiger partial charge >= 0.3 is 5.97 Å². The summed E-state index contributed by atoms with van der Waals surface area (Å²) in [5.74, 6) is -0.878. The lowest BCUT2D eigenvalue weighted by atomic mass is 9.85. The molecule has 0 saturated heterocycles. The zero-order valence-corrected chi connectivity index (χ0v) is 13.0. The Morgan fingerprint density at radius 3 is 2.83 bits per heavy atom. The monoisotopic (exact) mass is 375 g/mol. The third kappa shape index (κ3) is 3.48. The second-order valence-electron chi connectivity index (χ2n) is 4.67. The van der Waals surface area contributed by atoms with Crippen LogP contribution < -0.4 is 5.32 Å². The van der Waals surface area contributed by atoms with Gasteiger partial charge < -0.3 is 10.4 Å². The van der Waals surface area contributed by atoms with Crippen LogP contribution in [0.4, 0.5) is 5.69 Å². The highest BCUT2D eigenvalue weighted by atomic mass is 79.9. The minimum Gasteiger partial charge on any atom is -0.481 e. The van der Waals surface area contributed by atoms with E-state index >= 15 is 0 Å². The maximum absolute atomic E-state index is 11.0. The third-order valence-corrected chi connectivity index (χ3v) is 4.50. The van der Waals surface area contributed by atoms with E-state index in [1.807, 2.05) is 18.2 Å². The van der Waals surface area contributed by atoms with Crippen LogP contribution in [-0.4, -0.2) is 17.1 Å². The second-order valence-corrected chi connectivity index (χ2v) is 6.44. The molecular weight excluding hydrogens is 362 g/mol. The highest BCUT2D eigenvalue weighted by Gasteiger charge is 2.27. The fourth-order valence-electron chi connectivity index (χ4n) is 2.37. The molecule has 1 aromatic rings. The molecule has 0 radical (unpaired) electrons. The van der Waals surface area contributed by atoms with Crippen molar-refractivity contribution in [2.24, 2.45) is 5.92 Å². The van der Waals surface area contributed by atoms with Crippen molar-refractivity contribution in [3.8, 4) is 0 Å². The Hall–Kier alpha value is -0.550. The number of anilines is 1. The van der Waals surface area contributed by atoms with Gasteiger partial charge in [0.2, 0.25) is 0 Å². The van der Waals surface area contributed by atoms with Gasteiger partial charge in [0.15, 0.2) is 0 Å². The van der Waals surface area contributed by atoms with Crippen molar-refractivity contribution in [2.45, 2.75) is 31.7 Å². The maximum atomic E-state index is 11.0. The van der Waals surface area contributed by atoms with Gasteiger partial charge in [-0.1, -0.05) is 22.4 Å². The molecule has 3 nitrogen and oxygen atoms in total. The van der Waals surface area contributed by atoms with Crippen molar-refractivity contribution in [1.82, 2.24) is 0 Å². The van der Waals surface area contributed by atoms with E-state index in [1.165, 1.54) is 0 Å². The van der Waals surface area contributed by atoms with Gasteiger partial charge in [0, 0.05) is 20.7 Å². The highest BCUT2D eigenvalue weighted by Crippen LogP contribution is 2.31. The largest absolute Gasteiger partial charge is 0.481 e. The van der Waals surface area contributed by atoms with E-state index in [1.54, 1.807) is 0 Å². The molecule has 1 fully saturated rings. The van der Waals surface area contributed by atoms with Crippen LogP contribution in [0.25, 0.3) is 0 Å². The van der Waals surface area contributed by atoms with Gasteiger partial charge in [0.25, 0.3) is 0 Å². The van der Waals surface area contributed by atoms with Crippen molar-refractivity contribution in [1.29, 1.82) is 0 Å². The predicted octanol–water partition coefficient (Wildman–Crippen LogP) is 4.27. The molecule has 2 N–H and O–H groups in total. The molecule has 2 unspecified atom stereocenters. The summed E-state index contributed by atoms with van der Waals surface area (Å²) in [6.07, 6.45) is 3.50. The molecule has 1 saturated carbocycles. The quantitative estimate of drug-likeness (QED) is 0.828. The average molecular weight is 377 g/mol. The molecule has 1 aliphatic carbocycles. The topological polar surface area (TPSA) is 49.3 Å². The van der Waals surface area contributed by atoms with E-state index in [-0.39, 0.29) is 12.0 Å². The van der Waals surface area contributed by atoms with E-state index in [0.717, 1.165) is 33.9 Å². The van der Waals surface area contributed by atoms with Crippen LogP contribution >= 0.6 is 31.9 Å². The number of carboxylic acids is 1. The molecule has 0 heterocycles. The van der Waals surface area contributed by atoms with Crippen LogP contribution in [-0.2, 0) is 4.79 Å². The van der Waals surface area contributed by atoms with E-state index in [2.05, 4.69) is 37.2 Å². The molecule has 0 aliphatic heterocycles. The summed E-state index contributed by atoms with van der Waals surface area (Å²) in [7, 11) is 0. The predicted molar refractivity (Wildman–Crippen MR) is 78.8 cm³/mol. The number of hydrogen-bond acceptors (Lipinski definition) is 2. The van der Waals surface area contributed by atoms with E-state index < -0.39 is 5.97 Å². The Bertz CT molecular complexity index is 451. The summed E-state index contributed by atoms with van der Waals surface area (Å²) in [5.41, 5.74) is 1.01. The molecule has 1 aliphatic rings. The van der Waals surface area contributed by atoms with E-state index in [9.17, 15) is 4.79 Å². The maximum Gasteiger partial charge on any atom is 0.306 e. The summed E-state index contributed by atoms with van der Waals surface area (Å²) in [4.78, 5) is 11.0. The van der Waals surface area contributed by atoms with Gasteiger partial charge in [0.1, 0.15) is 0 Å². The van der Waals surface area contributed by atoms with E-state index in [0.29, 0.717) is 6.42 Å². The van der Waals surface area contributed by atoms with Crippen molar-refractivity contribution < 1.29 is 9.90 Å². The lowest BCUT2D eigenvalue weighted by molar-refractivity contribution is -0.142. The number of benzene rings is 1. The fraction of sp³-hybridized carbons (Fsp3) is 0.462. The number of carboxylic acid groups (broad SMARTS) is 1. The Labute approximate surface area is 123 Å². The number of nitrogens with one attached hydrogen (secondary N) is 1. The standard InChI is InChI=1S/C13H15Br2NO2/c14-9-4-5-11(15)12(7-9)16-10-3-1-2-8(6-10)13(17)18/h4-5,7-8,10,16H,1-3,6H2,(H,17,18). The summed E-state index contributed by atoms with van der Waals surface area (Å²) in [5, 5.41) is 12.5. The first-order valence-electron chi connectivity index (χ1n) is 6.00. The van der Waals surface area contributed by atoms with E-state index in [4.69, 9.17) is 5.11 Å². The van der Waals surface area contributed by atoms with Gasteiger partial charge in [0.05, 0.1) is 5.92 Å². The summed E-state index contributed by atoms with van der Waals surface area (Å²) < 4.78 is 2.02. The fourth-order valence-corrected chi connectivity index (χ4v) is 3.10. The van der Waals surface area contributed by atoms with Crippen molar-refractivity contribution in [3.05, 3.63) is 27.1 Å². The van der Waals surface area contributed by atoms with Crippen LogP contribution in [0.1, 0.15) is 25.7 Å².